The van der Waals surface area contributed by atoms with Crippen molar-refractivity contribution in [2.45, 2.75) is 18.9 Å². The number of piperidine rings is 1. The van der Waals surface area contributed by atoms with Crippen LogP contribution in [-0.2, 0) is 4.79 Å². The van der Waals surface area contributed by atoms with Crippen LogP contribution in [0.4, 0.5) is 14.5 Å². The van der Waals surface area contributed by atoms with Gasteiger partial charge in [-0.25, -0.2) is 8.78 Å². The summed E-state index contributed by atoms with van der Waals surface area (Å²) in [6, 6.07) is 1.64. The van der Waals surface area contributed by atoms with Gasteiger partial charge in [0.1, 0.15) is 5.82 Å². The van der Waals surface area contributed by atoms with Gasteiger partial charge in [-0.3, -0.25) is 4.79 Å². The predicted molar refractivity (Wildman–Crippen MR) is 68.5 cm³/mol. The van der Waals surface area contributed by atoms with Crippen molar-refractivity contribution in [3.8, 4) is 0 Å². The van der Waals surface area contributed by atoms with Crippen LogP contribution < -0.4 is 10.2 Å². The number of likely N-dealkylation sites (N-methyl/N-ethyl adjacent to an activating group) is 1. The van der Waals surface area contributed by atoms with Crippen molar-refractivity contribution in [2.24, 2.45) is 0 Å². The third kappa shape index (κ3) is 2.40. The molecule has 3 nitrogen and oxygen atoms in total. The lowest BCUT2D eigenvalue weighted by Gasteiger charge is -2.32. The van der Waals surface area contributed by atoms with E-state index in [0.717, 1.165) is 25.0 Å². The van der Waals surface area contributed by atoms with Crippen molar-refractivity contribution < 1.29 is 13.6 Å². The van der Waals surface area contributed by atoms with Gasteiger partial charge in [0.05, 0.1) is 11.7 Å². The number of hydrogen-bond donors (Lipinski definition) is 1. The molecule has 1 unspecified atom stereocenters. The molecular formula is C12H13BrF2N2O. The largest absolute Gasteiger partial charge is 0.309 e. The SMILES string of the molecule is CNC1CCCN(c2c(F)cc(F)cc2Br)C1=O. The molecule has 1 aliphatic heterocycles. The first-order valence-corrected chi connectivity index (χ1v) is 6.47. The second-order valence-corrected chi connectivity index (χ2v) is 5.05. The zero-order valence-corrected chi connectivity index (χ0v) is 11.4. The Bertz CT molecular complexity index is 458. The highest BCUT2D eigenvalue weighted by Gasteiger charge is 2.31. The van der Waals surface area contributed by atoms with Crippen molar-refractivity contribution in [2.75, 3.05) is 18.5 Å². The normalized spacial score (nSPS) is 20.3. The lowest BCUT2D eigenvalue weighted by atomic mass is 10.0. The number of carbonyl (C=O) groups is 1. The number of anilines is 1. The molecule has 1 fully saturated rings. The zero-order chi connectivity index (χ0) is 13.3. The van der Waals surface area contributed by atoms with E-state index in [4.69, 9.17) is 0 Å². The van der Waals surface area contributed by atoms with Gasteiger partial charge in [-0.15, -0.1) is 0 Å². The maximum atomic E-state index is 13.8. The number of carbonyl (C=O) groups excluding carboxylic acids is 1. The summed E-state index contributed by atoms with van der Waals surface area (Å²) in [5, 5.41) is 2.90. The van der Waals surface area contributed by atoms with Gasteiger partial charge < -0.3 is 10.2 Å². The van der Waals surface area contributed by atoms with E-state index in [0.29, 0.717) is 6.54 Å². The fraction of sp³-hybridized carbons (Fsp3) is 0.417. The Kier molecular flexibility index (Phi) is 3.97. The molecule has 1 saturated heterocycles. The molecule has 1 atom stereocenters. The van der Waals surface area contributed by atoms with Crippen LogP contribution in [0.15, 0.2) is 16.6 Å². The van der Waals surface area contributed by atoms with E-state index in [2.05, 4.69) is 21.2 Å². The number of nitrogens with one attached hydrogen (secondary N) is 1. The Morgan fingerprint density at radius 1 is 1.44 bits per heavy atom. The topological polar surface area (TPSA) is 32.3 Å². The molecule has 1 heterocycles. The van der Waals surface area contributed by atoms with Gasteiger partial charge in [0.2, 0.25) is 5.91 Å². The first kappa shape index (κ1) is 13.4. The summed E-state index contributed by atoms with van der Waals surface area (Å²) in [5.41, 5.74) is 0.112. The van der Waals surface area contributed by atoms with Crippen molar-refractivity contribution in [3.63, 3.8) is 0 Å². The highest BCUT2D eigenvalue weighted by molar-refractivity contribution is 9.10. The summed E-state index contributed by atoms with van der Waals surface area (Å²) in [7, 11) is 1.70. The maximum absolute atomic E-state index is 13.8. The summed E-state index contributed by atoms with van der Waals surface area (Å²) < 4.78 is 27.1. The molecule has 0 bridgehead atoms. The number of halogens is 3. The highest BCUT2D eigenvalue weighted by atomic mass is 79.9. The molecule has 98 valence electrons. The van der Waals surface area contributed by atoms with E-state index in [1.807, 2.05) is 0 Å². The van der Waals surface area contributed by atoms with E-state index < -0.39 is 11.6 Å². The van der Waals surface area contributed by atoms with Gasteiger partial charge >= 0.3 is 0 Å². The molecular weight excluding hydrogens is 306 g/mol. The van der Waals surface area contributed by atoms with Crippen LogP contribution in [0.2, 0.25) is 0 Å². The summed E-state index contributed by atoms with van der Waals surface area (Å²) in [6.45, 7) is 0.443. The Hall–Kier alpha value is -1.01. The summed E-state index contributed by atoms with van der Waals surface area (Å²) in [5.74, 6) is -1.58. The molecule has 0 aliphatic carbocycles. The quantitative estimate of drug-likeness (QED) is 0.908. The minimum Gasteiger partial charge on any atom is -0.309 e. The molecule has 18 heavy (non-hydrogen) atoms. The average Bonchev–Trinajstić information content (AvgIpc) is 2.30. The van der Waals surface area contributed by atoms with Gasteiger partial charge in [0.25, 0.3) is 0 Å². The van der Waals surface area contributed by atoms with Gasteiger partial charge in [0, 0.05) is 17.1 Å². The lowest BCUT2D eigenvalue weighted by Crippen LogP contribution is -2.50. The van der Waals surface area contributed by atoms with Gasteiger partial charge in [-0.2, -0.15) is 0 Å². The summed E-state index contributed by atoms with van der Waals surface area (Å²) >= 11 is 3.11. The standard InChI is InChI=1S/C12H13BrF2N2O/c1-16-10-3-2-4-17(12(10)18)11-8(13)5-7(14)6-9(11)15/h5-6,10,16H,2-4H2,1H3. The summed E-state index contributed by atoms with van der Waals surface area (Å²) in [4.78, 5) is 13.5. The third-order valence-corrected chi connectivity index (χ3v) is 3.64. The van der Waals surface area contributed by atoms with E-state index in [1.54, 1.807) is 7.05 Å². The Balaban J connectivity index is 2.39. The Morgan fingerprint density at radius 2 is 2.17 bits per heavy atom. The molecule has 1 aromatic carbocycles. The number of amides is 1. The molecule has 0 radical (unpaired) electrons. The van der Waals surface area contributed by atoms with E-state index >= 15 is 0 Å². The second kappa shape index (κ2) is 5.32. The van der Waals surface area contributed by atoms with Crippen LogP contribution in [0, 0.1) is 11.6 Å². The van der Waals surface area contributed by atoms with Crippen molar-refractivity contribution in [3.05, 3.63) is 28.2 Å². The monoisotopic (exact) mass is 318 g/mol. The zero-order valence-electron chi connectivity index (χ0n) is 9.84. The molecule has 0 saturated carbocycles. The molecule has 0 spiro atoms. The first-order valence-electron chi connectivity index (χ1n) is 5.67. The predicted octanol–water partition coefficient (Wildman–Crippen LogP) is 2.44. The lowest BCUT2D eigenvalue weighted by molar-refractivity contribution is -0.121. The van der Waals surface area contributed by atoms with E-state index in [9.17, 15) is 13.6 Å². The number of nitrogens with zero attached hydrogens (tertiary/aromatic N) is 1. The number of rotatable bonds is 2. The van der Waals surface area contributed by atoms with Crippen LogP contribution in [0.5, 0.6) is 0 Å². The minimum absolute atomic E-state index is 0.112. The highest BCUT2D eigenvalue weighted by Crippen LogP contribution is 2.32. The maximum Gasteiger partial charge on any atom is 0.244 e. The minimum atomic E-state index is -0.730. The molecule has 1 aliphatic rings. The van der Waals surface area contributed by atoms with Crippen LogP contribution in [-0.4, -0.2) is 25.5 Å². The summed E-state index contributed by atoms with van der Waals surface area (Å²) in [6.07, 6.45) is 1.51. The van der Waals surface area contributed by atoms with E-state index in [1.165, 1.54) is 4.90 Å². The van der Waals surface area contributed by atoms with Gasteiger partial charge in [0.15, 0.2) is 5.82 Å². The van der Waals surface area contributed by atoms with Crippen LogP contribution in [0.25, 0.3) is 0 Å². The Labute approximate surface area is 112 Å². The van der Waals surface area contributed by atoms with E-state index in [-0.39, 0.29) is 22.1 Å². The molecule has 1 aromatic rings. The number of hydrogen-bond acceptors (Lipinski definition) is 2. The fourth-order valence-electron chi connectivity index (χ4n) is 2.16. The number of benzene rings is 1. The Morgan fingerprint density at radius 3 is 2.78 bits per heavy atom. The van der Waals surface area contributed by atoms with Crippen molar-refractivity contribution in [1.29, 1.82) is 0 Å². The third-order valence-electron chi connectivity index (χ3n) is 3.04. The first-order chi connectivity index (χ1) is 8.54. The van der Waals surface area contributed by atoms with Crippen molar-refractivity contribution >= 4 is 27.5 Å². The molecule has 6 heteroatoms. The average molecular weight is 319 g/mol. The molecule has 0 aromatic heterocycles. The smallest absolute Gasteiger partial charge is 0.244 e. The van der Waals surface area contributed by atoms with Crippen LogP contribution >= 0.6 is 15.9 Å². The van der Waals surface area contributed by atoms with Crippen LogP contribution in [0.1, 0.15) is 12.8 Å². The van der Waals surface area contributed by atoms with Crippen LogP contribution in [0.3, 0.4) is 0 Å². The fourth-order valence-corrected chi connectivity index (χ4v) is 2.78. The van der Waals surface area contributed by atoms with Gasteiger partial charge in [-0.05, 0) is 41.9 Å². The molecule has 2 rings (SSSR count). The van der Waals surface area contributed by atoms with Crippen molar-refractivity contribution in [1.82, 2.24) is 5.32 Å². The van der Waals surface area contributed by atoms with Gasteiger partial charge in [-0.1, -0.05) is 0 Å². The second-order valence-electron chi connectivity index (χ2n) is 4.19. The molecule has 1 amide bonds. The molecule has 1 N–H and O–H groups in total.